The third-order valence-electron chi connectivity index (χ3n) is 4.69. The van der Waals surface area contributed by atoms with Crippen molar-refractivity contribution < 1.29 is 9.53 Å². The normalized spacial score (nSPS) is 31.4. The van der Waals surface area contributed by atoms with Gasteiger partial charge < -0.3 is 9.64 Å². The monoisotopic (exact) mass is 253 g/mol. The zero-order chi connectivity index (χ0) is 13.6. The lowest BCUT2D eigenvalue weighted by Crippen LogP contribution is -2.42. The van der Waals surface area contributed by atoms with Crippen LogP contribution in [0.4, 0.5) is 0 Å². The fraction of sp³-hybridized carbons (Fsp3) is 0.933. The van der Waals surface area contributed by atoms with Crippen LogP contribution >= 0.6 is 0 Å². The van der Waals surface area contributed by atoms with Gasteiger partial charge in [0, 0.05) is 12.6 Å². The van der Waals surface area contributed by atoms with E-state index in [1.165, 1.54) is 25.7 Å². The van der Waals surface area contributed by atoms with Gasteiger partial charge in [-0.1, -0.05) is 12.8 Å². The second-order valence-corrected chi connectivity index (χ2v) is 7.01. The molecule has 1 saturated carbocycles. The summed E-state index contributed by atoms with van der Waals surface area (Å²) in [6.45, 7) is 8.72. The van der Waals surface area contributed by atoms with Crippen LogP contribution in [0.5, 0.6) is 0 Å². The predicted octanol–water partition coefficient (Wildman–Crippen LogP) is 2.63. The van der Waals surface area contributed by atoms with Crippen LogP contribution in [0.3, 0.4) is 0 Å². The Morgan fingerprint density at radius 2 is 1.78 bits per heavy atom. The maximum Gasteiger partial charge on any atom is 0.171 e. The molecule has 2 fully saturated rings. The van der Waals surface area contributed by atoms with Crippen LogP contribution in [0.15, 0.2) is 0 Å². The Labute approximate surface area is 111 Å². The molecule has 0 aromatic carbocycles. The molecule has 2 aliphatic rings. The Balaban J connectivity index is 2.05. The van der Waals surface area contributed by atoms with Crippen molar-refractivity contribution in [2.75, 3.05) is 13.6 Å². The van der Waals surface area contributed by atoms with Gasteiger partial charge in [-0.15, -0.1) is 0 Å². The number of hydrogen-bond donors (Lipinski definition) is 0. The van der Waals surface area contributed by atoms with Crippen LogP contribution in [-0.2, 0) is 9.53 Å². The highest BCUT2D eigenvalue weighted by atomic mass is 16.5. The van der Waals surface area contributed by atoms with Crippen LogP contribution in [-0.4, -0.2) is 41.5 Å². The molecule has 3 nitrogen and oxygen atoms in total. The number of ketones is 1. The summed E-state index contributed by atoms with van der Waals surface area (Å²) in [5.74, 6) is 0.260. The number of Topliss-reactive ketones (excluding diaryl/α,β-unsaturated/α-hetero) is 1. The van der Waals surface area contributed by atoms with E-state index in [1.807, 2.05) is 27.7 Å². The van der Waals surface area contributed by atoms with E-state index in [0.717, 1.165) is 6.54 Å². The van der Waals surface area contributed by atoms with E-state index in [2.05, 4.69) is 11.9 Å². The topological polar surface area (TPSA) is 29.5 Å². The summed E-state index contributed by atoms with van der Waals surface area (Å²) >= 11 is 0. The Kier molecular flexibility index (Phi) is 3.58. The molecule has 0 spiro atoms. The molecule has 1 aliphatic heterocycles. The molecule has 104 valence electrons. The van der Waals surface area contributed by atoms with Gasteiger partial charge >= 0.3 is 0 Å². The van der Waals surface area contributed by atoms with Crippen molar-refractivity contribution in [3.63, 3.8) is 0 Å². The minimum Gasteiger partial charge on any atom is -0.361 e. The van der Waals surface area contributed by atoms with Gasteiger partial charge in [-0.25, -0.2) is 0 Å². The van der Waals surface area contributed by atoms with E-state index in [4.69, 9.17) is 4.74 Å². The van der Waals surface area contributed by atoms with E-state index in [-0.39, 0.29) is 17.3 Å². The summed E-state index contributed by atoms with van der Waals surface area (Å²) in [5, 5.41) is 0. The van der Waals surface area contributed by atoms with Gasteiger partial charge in [0.15, 0.2) is 5.78 Å². The number of rotatable bonds is 3. The second kappa shape index (κ2) is 4.61. The summed E-state index contributed by atoms with van der Waals surface area (Å²) in [4.78, 5) is 14.8. The second-order valence-electron chi connectivity index (χ2n) is 7.01. The lowest BCUT2D eigenvalue weighted by molar-refractivity contribution is -0.132. The lowest BCUT2D eigenvalue weighted by Gasteiger charge is -2.31. The highest BCUT2D eigenvalue weighted by Crippen LogP contribution is 2.40. The smallest absolute Gasteiger partial charge is 0.171 e. The largest absolute Gasteiger partial charge is 0.361 e. The zero-order valence-electron chi connectivity index (χ0n) is 12.5. The Hall–Kier alpha value is -0.410. The maximum absolute atomic E-state index is 12.4. The first-order valence-corrected chi connectivity index (χ1v) is 7.19. The highest BCUT2D eigenvalue weighted by Gasteiger charge is 2.53. The summed E-state index contributed by atoms with van der Waals surface area (Å²) in [5.41, 5.74) is -0.960. The van der Waals surface area contributed by atoms with E-state index in [9.17, 15) is 4.79 Å². The fourth-order valence-corrected chi connectivity index (χ4v) is 3.60. The predicted molar refractivity (Wildman–Crippen MR) is 72.6 cm³/mol. The van der Waals surface area contributed by atoms with Crippen molar-refractivity contribution in [1.82, 2.24) is 4.90 Å². The molecular weight excluding hydrogens is 226 g/mol. The summed E-state index contributed by atoms with van der Waals surface area (Å²) in [6.07, 6.45) is 5.22. The Morgan fingerprint density at radius 3 is 2.22 bits per heavy atom. The number of carbonyl (C=O) groups is 1. The number of hydrogen-bond acceptors (Lipinski definition) is 3. The van der Waals surface area contributed by atoms with E-state index >= 15 is 0 Å². The SMILES string of the molecule is CN(CC1C(=O)C(C)(C)OC1(C)C)C1CCCC1. The molecule has 1 atom stereocenters. The first kappa shape index (κ1) is 14.0. The van der Waals surface area contributed by atoms with Crippen LogP contribution in [0.2, 0.25) is 0 Å². The standard InChI is InChI=1S/C15H27NO2/c1-14(2)12(13(17)15(3,4)18-14)10-16(5)11-8-6-7-9-11/h11-12H,6-10H2,1-5H3. The Morgan fingerprint density at radius 1 is 1.22 bits per heavy atom. The van der Waals surface area contributed by atoms with E-state index < -0.39 is 5.60 Å². The number of ether oxygens (including phenoxy) is 1. The average molecular weight is 253 g/mol. The molecule has 3 heteroatoms. The molecule has 1 saturated heterocycles. The van der Waals surface area contributed by atoms with Gasteiger partial charge in [-0.2, -0.15) is 0 Å². The third kappa shape index (κ3) is 2.48. The molecule has 1 heterocycles. The zero-order valence-corrected chi connectivity index (χ0v) is 12.5. The van der Waals surface area contributed by atoms with Gasteiger partial charge in [-0.05, 0) is 47.6 Å². The van der Waals surface area contributed by atoms with Crippen LogP contribution in [0, 0.1) is 5.92 Å². The molecule has 0 amide bonds. The van der Waals surface area contributed by atoms with Crippen molar-refractivity contribution >= 4 is 5.78 Å². The van der Waals surface area contributed by atoms with Crippen molar-refractivity contribution in [2.24, 2.45) is 5.92 Å². The number of carbonyl (C=O) groups excluding carboxylic acids is 1. The van der Waals surface area contributed by atoms with Crippen molar-refractivity contribution in [1.29, 1.82) is 0 Å². The highest BCUT2D eigenvalue weighted by molar-refractivity contribution is 5.91. The van der Waals surface area contributed by atoms with E-state index in [0.29, 0.717) is 6.04 Å². The molecule has 18 heavy (non-hydrogen) atoms. The molecular formula is C15H27NO2. The fourth-order valence-electron chi connectivity index (χ4n) is 3.60. The van der Waals surface area contributed by atoms with E-state index in [1.54, 1.807) is 0 Å². The van der Waals surface area contributed by atoms with Crippen LogP contribution in [0.1, 0.15) is 53.4 Å². The van der Waals surface area contributed by atoms with Crippen LogP contribution < -0.4 is 0 Å². The van der Waals surface area contributed by atoms with Gasteiger partial charge in [-0.3, -0.25) is 4.79 Å². The van der Waals surface area contributed by atoms with Gasteiger partial charge in [0.25, 0.3) is 0 Å². The summed E-state index contributed by atoms with van der Waals surface area (Å²) in [6, 6.07) is 0.664. The molecule has 0 N–H and O–H groups in total. The molecule has 0 radical (unpaired) electrons. The molecule has 1 unspecified atom stereocenters. The Bertz CT molecular complexity index is 329. The molecule has 1 aliphatic carbocycles. The minimum absolute atomic E-state index is 0.00176. The maximum atomic E-state index is 12.4. The number of nitrogens with zero attached hydrogens (tertiary/aromatic N) is 1. The third-order valence-corrected chi connectivity index (χ3v) is 4.69. The average Bonchev–Trinajstić information content (AvgIpc) is 2.79. The van der Waals surface area contributed by atoms with Crippen molar-refractivity contribution in [2.45, 2.75) is 70.6 Å². The summed E-state index contributed by atoms with van der Waals surface area (Å²) in [7, 11) is 2.16. The van der Waals surface area contributed by atoms with Crippen LogP contribution in [0.25, 0.3) is 0 Å². The van der Waals surface area contributed by atoms with Gasteiger partial charge in [0.05, 0.1) is 11.5 Å². The minimum atomic E-state index is -0.620. The summed E-state index contributed by atoms with van der Waals surface area (Å²) < 4.78 is 5.95. The first-order chi connectivity index (χ1) is 8.24. The quantitative estimate of drug-likeness (QED) is 0.774. The van der Waals surface area contributed by atoms with Gasteiger partial charge in [0.1, 0.15) is 5.60 Å². The first-order valence-electron chi connectivity index (χ1n) is 7.19. The molecule has 0 aromatic rings. The molecule has 2 rings (SSSR count). The van der Waals surface area contributed by atoms with Crippen molar-refractivity contribution in [3.8, 4) is 0 Å². The lowest BCUT2D eigenvalue weighted by atomic mass is 9.85. The van der Waals surface area contributed by atoms with Crippen molar-refractivity contribution in [3.05, 3.63) is 0 Å². The van der Waals surface area contributed by atoms with Gasteiger partial charge in [0.2, 0.25) is 0 Å². The molecule has 0 bridgehead atoms. The molecule has 0 aromatic heterocycles.